The number of thioether (sulfide) groups is 1. The molecule has 0 aliphatic carbocycles. The van der Waals surface area contributed by atoms with Gasteiger partial charge in [-0.15, -0.1) is 10.2 Å². The molecule has 1 amide bonds. The Morgan fingerprint density at radius 2 is 1.96 bits per heavy atom. The van der Waals surface area contributed by atoms with Crippen molar-refractivity contribution in [1.82, 2.24) is 14.8 Å². The Balaban J connectivity index is 1.50. The predicted octanol–water partition coefficient (Wildman–Crippen LogP) is 4.22. The van der Waals surface area contributed by atoms with Gasteiger partial charge in [0.15, 0.2) is 10.9 Å². The Labute approximate surface area is 165 Å². The molecule has 0 radical (unpaired) electrons. The Hall–Kier alpha value is -3.26. The van der Waals surface area contributed by atoms with Crippen molar-refractivity contribution >= 4 is 23.4 Å². The van der Waals surface area contributed by atoms with E-state index in [9.17, 15) is 4.79 Å². The minimum Gasteiger partial charge on any atom is -0.467 e. The Bertz CT molecular complexity index is 1060. The number of carbonyl (C=O) groups excluding carboxylic acids is 1. The van der Waals surface area contributed by atoms with Crippen LogP contribution in [-0.2, 0) is 11.3 Å². The summed E-state index contributed by atoms with van der Waals surface area (Å²) in [5, 5.41) is 12.0. The molecule has 7 nitrogen and oxygen atoms in total. The number of benzene rings is 1. The van der Waals surface area contributed by atoms with Crippen molar-refractivity contribution in [2.75, 3.05) is 11.1 Å². The third-order valence-corrected chi connectivity index (χ3v) is 4.95. The van der Waals surface area contributed by atoms with Crippen molar-refractivity contribution in [3.8, 4) is 11.6 Å². The van der Waals surface area contributed by atoms with E-state index in [2.05, 4.69) is 15.5 Å². The molecule has 0 saturated heterocycles. The van der Waals surface area contributed by atoms with E-state index in [1.165, 1.54) is 11.8 Å². The fourth-order valence-corrected chi connectivity index (χ4v) is 3.47. The summed E-state index contributed by atoms with van der Waals surface area (Å²) in [5.74, 6) is 2.06. The molecule has 0 spiro atoms. The van der Waals surface area contributed by atoms with Crippen LogP contribution in [0.3, 0.4) is 0 Å². The second kappa shape index (κ2) is 8.18. The maximum absolute atomic E-state index is 12.3. The van der Waals surface area contributed by atoms with Gasteiger partial charge in [-0.1, -0.05) is 23.9 Å². The summed E-state index contributed by atoms with van der Waals surface area (Å²) in [5.41, 5.74) is 1.87. The smallest absolute Gasteiger partial charge is 0.234 e. The molecule has 0 atom stereocenters. The molecule has 0 aliphatic rings. The average molecular weight is 394 g/mol. The SMILES string of the molecule is Cc1cccc(NC(=O)CSc2nnc(-c3ccco3)n2Cc2ccco2)c1. The molecule has 0 aliphatic heterocycles. The third kappa shape index (κ3) is 4.17. The molecule has 28 heavy (non-hydrogen) atoms. The number of aromatic nitrogens is 3. The first kappa shape index (κ1) is 18.1. The second-order valence-corrected chi connectivity index (χ2v) is 7.10. The quantitative estimate of drug-likeness (QED) is 0.472. The highest BCUT2D eigenvalue weighted by Crippen LogP contribution is 2.25. The lowest BCUT2D eigenvalue weighted by molar-refractivity contribution is -0.113. The zero-order valence-corrected chi connectivity index (χ0v) is 16.0. The summed E-state index contributed by atoms with van der Waals surface area (Å²) >= 11 is 1.31. The monoisotopic (exact) mass is 394 g/mol. The van der Waals surface area contributed by atoms with E-state index in [-0.39, 0.29) is 11.7 Å². The minimum absolute atomic E-state index is 0.109. The maximum Gasteiger partial charge on any atom is 0.234 e. The summed E-state index contributed by atoms with van der Waals surface area (Å²) in [7, 11) is 0. The van der Waals surface area contributed by atoms with Gasteiger partial charge >= 0.3 is 0 Å². The van der Waals surface area contributed by atoms with Crippen LogP contribution in [0.4, 0.5) is 5.69 Å². The summed E-state index contributed by atoms with van der Waals surface area (Å²) in [4.78, 5) is 12.3. The molecule has 142 valence electrons. The van der Waals surface area contributed by atoms with Gasteiger partial charge in [-0.3, -0.25) is 9.36 Å². The summed E-state index contributed by atoms with van der Waals surface area (Å²) < 4.78 is 12.8. The van der Waals surface area contributed by atoms with E-state index < -0.39 is 0 Å². The van der Waals surface area contributed by atoms with Crippen LogP contribution in [0.15, 0.2) is 75.0 Å². The van der Waals surface area contributed by atoms with Crippen LogP contribution in [-0.4, -0.2) is 26.4 Å². The van der Waals surface area contributed by atoms with Gasteiger partial charge < -0.3 is 14.2 Å². The molecule has 4 rings (SSSR count). The summed E-state index contributed by atoms with van der Waals surface area (Å²) in [6, 6.07) is 15.0. The number of amides is 1. The van der Waals surface area contributed by atoms with Crippen LogP contribution >= 0.6 is 11.8 Å². The average Bonchev–Trinajstić information content (AvgIpc) is 3.43. The van der Waals surface area contributed by atoms with E-state index in [0.29, 0.717) is 23.3 Å². The molecule has 8 heteroatoms. The fourth-order valence-electron chi connectivity index (χ4n) is 2.73. The topological polar surface area (TPSA) is 86.1 Å². The van der Waals surface area contributed by atoms with Crippen molar-refractivity contribution in [3.63, 3.8) is 0 Å². The maximum atomic E-state index is 12.3. The molecule has 3 aromatic heterocycles. The highest BCUT2D eigenvalue weighted by molar-refractivity contribution is 7.99. The minimum atomic E-state index is -0.109. The van der Waals surface area contributed by atoms with Crippen molar-refractivity contribution < 1.29 is 13.6 Å². The number of furan rings is 2. The van der Waals surface area contributed by atoms with E-state index in [1.54, 1.807) is 18.6 Å². The van der Waals surface area contributed by atoms with Gasteiger partial charge in [-0.05, 0) is 48.9 Å². The predicted molar refractivity (Wildman–Crippen MR) is 106 cm³/mol. The number of aryl methyl sites for hydroxylation is 1. The van der Waals surface area contributed by atoms with Gasteiger partial charge in [0, 0.05) is 5.69 Å². The molecule has 0 fully saturated rings. The van der Waals surface area contributed by atoms with Crippen molar-refractivity contribution in [3.05, 3.63) is 72.4 Å². The van der Waals surface area contributed by atoms with Crippen molar-refractivity contribution in [2.45, 2.75) is 18.6 Å². The second-order valence-electron chi connectivity index (χ2n) is 6.16. The number of carbonyl (C=O) groups is 1. The van der Waals surface area contributed by atoms with Crippen LogP contribution < -0.4 is 5.32 Å². The number of anilines is 1. The Morgan fingerprint density at radius 3 is 2.71 bits per heavy atom. The first-order chi connectivity index (χ1) is 13.7. The van der Waals surface area contributed by atoms with Gasteiger partial charge in [0.1, 0.15) is 5.76 Å². The fraction of sp³-hybridized carbons (Fsp3) is 0.150. The molecule has 1 aromatic carbocycles. The normalized spacial score (nSPS) is 10.9. The van der Waals surface area contributed by atoms with Crippen LogP contribution in [0, 0.1) is 6.92 Å². The van der Waals surface area contributed by atoms with Crippen LogP contribution in [0.1, 0.15) is 11.3 Å². The van der Waals surface area contributed by atoms with Crippen LogP contribution in [0.25, 0.3) is 11.6 Å². The summed E-state index contributed by atoms with van der Waals surface area (Å²) in [6.45, 7) is 2.43. The molecule has 0 bridgehead atoms. The molecule has 4 aromatic rings. The molecular formula is C20H18N4O3S. The van der Waals surface area contributed by atoms with Crippen molar-refractivity contribution in [2.24, 2.45) is 0 Å². The first-order valence-corrected chi connectivity index (χ1v) is 9.66. The molecule has 3 heterocycles. The third-order valence-electron chi connectivity index (χ3n) is 3.99. The van der Waals surface area contributed by atoms with Gasteiger partial charge in [0.05, 0.1) is 24.8 Å². The Morgan fingerprint density at radius 1 is 1.11 bits per heavy atom. The highest BCUT2D eigenvalue weighted by atomic mass is 32.2. The highest BCUT2D eigenvalue weighted by Gasteiger charge is 2.18. The lowest BCUT2D eigenvalue weighted by Gasteiger charge is -2.08. The molecule has 1 N–H and O–H groups in total. The molecule has 0 saturated carbocycles. The number of hydrogen-bond acceptors (Lipinski definition) is 6. The number of hydrogen-bond donors (Lipinski definition) is 1. The van der Waals surface area contributed by atoms with Crippen LogP contribution in [0.2, 0.25) is 0 Å². The van der Waals surface area contributed by atoms with Gasteiger partial charge in [-0.2, -0.15) is 0 Å². The zero-order chi connectivity index (χ0) is 19.3. The van der Waals surface area contributed by atoms with Gasteiger partial charge in [0.25, 0.3) is 0 Å². The first-order valence-electron chi connectivity index (χ1n) is 8.68. The van der Waals surface area contributed by atoms with E-state index in [1.807, 2.05) is 54.0 Å². The van der Waals surface area contributed by atoms with Crippen molar-refractivity contribution in [1.29, 1.82) is 0 Å². The largest absolute Gasteiger partial charge is 0.467 e. The lowest BCUT2D eigenvalue weighted by atomic mass is 10.2. The van der Waals surface area contributed by atoms with E-state index in [4.69, 9.17) is 8.83 Å². The number of rotatable bonds is 7. The Kier molecular flexibility index (Phi) is 5.29. The molecular weight excluding hydrogens is 376 g/mol. The van der Waals surface area contributed by atoms with E-state index in [0.717, 1.165) is 17.0 Å². The standard InChI is InChI=1S/C20H18N4O3S/c1-14-5-2-6-15(11-14)21-18(25)13-28-20-23-22-19(17-8-4-10-27-17)24(20)12-16-7-3-9-26-16/h2-11H,12-13H2,1H3,(H,21,25). The van der Waals surface area contributed by atoms with Gasteiger partial charge in [-0.25, -0.2) is 0 Å². The number of nitrogens with zero attached hydrogens (tertiary/aromatic N) is 3. The number of nitrogens with one attached hydrogen (secondary N) is 1. The van der Waals surface area contributed by atoms with E-state index >= 15 is 0 Å². The van der Waals surface area contributed by atoms with Crippen LogP contribution in [0.5, 0.6) is 0 Å². The lowest BCUT2D eigenvalue weighted by Crippen LogP contribution is -2.14. The van der Waals surface area contributed by atoms with Gasteiger partial charge in [0.2, 0.25) is 11.7 Å². The zero-order valence-electron chi connectivity index (χ0n) is 15.2. The summed E-state index contributed by atoms with van der Waals surface area (Å²) in [6.07, 6.45) is 3.21. The molecule has 0 unspecified atom stereocenters.